The van der Waals surface area contributed by atoms with Crippen molar-refractivity contribution in [3.63, 3.8) is 0 Å². The highest BCUT2D eigenvalue weighted by Gasteiger charge is 2.39. The van der Waals surface area contributed by atoms with Crippen LogP contribution in [0.4, 0.5) is 0 Å². The lowest BCUT2D eigenvalue weighted by Gasteiger charge is -2.35. The second-order valence-corrected chi connectivity index (χ2v) is 6.72. The normalized spacial score (nSPS) is 19.1. The highest BCUT2D eigenvalue weighted by molar-refractivity contribution is 7.88. The molecule has 1 saturated heterocycles. The lowest BCUT2D eigenvalue weighted by molar-refractivity contribution is -0.136. The maximum atomic E-state index is 12.2. The molecule has 19 heavy (non-hydrogen) atoms. The number of amides is 1. The van der Waals surface area contributed by atoms with Crippen LogP contribution in [0.5, 0.6) is 0 Å². The largest absolute Gasteiger partial charge is 0.384 e. The summed E-state index contributed by atoms with van der Waals surface area (Å²) in [7, 11) is -1.62. The lowest BCUT2D eigenvalue weighted by atomic mass is 9.78. The van der Waals surface area contributed by atoms with Gasteiger partial charge in [0, 0.05) is 20.2 Å². The number of carbonyl (C=O) groups is 1. The van der Waals surface area contributed by atoms with Crippen molar-refractivity contribution in [3.05, 3.63) is 0 Å². The molecule has 0 unspecified atom stereocenters. The van der Waals surface area contributed by atoms with Crippen LogP contribution < -0.4 is 15.4 Å². The molecular weight excluding hydrogens is 270 g/mol. The number of nitrogens with one attached hydrogen (secondary N) is 3. The van der Waals surface area contributed by atoms with Gasteiger partial charge < -0.3 is 15.4 Å². The average Bonchev–Trinajstić information content (AvgIpc) is 2.34. The van der Waals surface area contributed by atoms with Gasteiger partial charge in [0.1, 0.15) is 0 Å². The molecule has 1 heterocycles. The number of sulfonamides is 1. The van der Waals surface area contributed by atoms with Crippen LogP contribution in [0, 0.1) is 5.41 Å². The standard InChI is InChI=1S/C11H23N3O4S/c1-18-9-11(3-5-12-6-4-11)10(15)13-7-8-14-19(2,16)17/h12,14H,3-9H2,1-2H3,(H,13,15). The quantitative estimate of drug-likeness (QED) is 0.505. The molecule has 1 amide bonds. The van der Waals surface area contributed by atoms with Gasteiger partial charge in [-0.2, -0.15) is 0 Å². The second kappa shape index (κ2) is 7.18. The predicted octanol–water partition coefficient (Wildman–Crippen LogP) is -1.33. The molecule has 1 aliphatic rings. The molecule has 0 spiro atoms. The Morgan fingerprint density at radius 3 is 2.47 bits per heavy atom. The summed E-state index contributed by atoms with van der Waals surface area (Å²) in [6.07, 6.45) is 2.55. The van der Waals surface area contributed by atoms with Crippen molar-refractivity contribution in [2.45, 2.75) is 12.8 Å². The number of hydrogen-bond donors (Lipinski definition) is 3. The van der Waals surface area contributed by atoms with Crippen LogP contribution in [0.3, 0.4) is 0 Å². The van der Waals surface area contributed by atoms with E-state index < -0.39 is 15.4 Å². The summed E-state index contributed by atoms with van der Waals surface area (Å²) in [6.45, 7) is 2.45. The minimum atomic E-state index is -3.21. The van der Waals surface area contributed by atoms with Gasteiger partial charge in [-0.3, -0.25) is 4.79 Å². The maximum absolute atomic E-state index is 12.2. The average molecular weight is 293 g/mol. The number of piperidine rings is 1. The molecule has 0 bridgehead atoms. The van der Waals surface area contributed by atoms with Crippen LogP contribution in [-0.4, -0.2) is 60.5 Å². The number of hydrogen-bond acceptors (Lipinski definition) is 5. The van der Waals surface area contributed by atoms with E-state index in [1.807, 2.05) is 0 Å². The van der Waals surface area contributed by atoms with Gasteiger partial charge in [0.2, 0.25) is 15.9 Å². The van der Waals surface area contributed by atoms with Crippen LogP contribution in [0.25, 0.3) is 0 Å². The summed E-state index contributed by atoms with van der Waals surface area (Å²) in [6, 6.07) is 0. The van der Waals surface area contributed by atoms with Crippen molar-refractivity contribution < 1.29 is 17.9 Å². The Bertz CT molecular complexity index is 385. The highest BCUT2D eigenvalue weighted by Crippen LogP contribution is 2.29. The monoisotopic (exact) mass is 293 g/mol. The van der Waals surface area contributed by atoms with Crippen molar-refractivity contribution in [1.82, 2.24) is 15.4 Å². The van der Waals surface area contributed by atoms with Gasteiger partial charge in [0.15, 0.2) is 0 Å². The van der Waals surface area contributed by atoms with E-state index >= 15 is 0 Å². The Morgan fingerprint density at radius 2 is 1.95 bits per heavy atom. The van der Waals surface area contributed by atoms with Crippen molar-refractivity contribution >= 4 is 15.9 Å². The van der Waals surface area contributed by atoms with Crippen LogP contribution >= 0.6 is 0 Å². The van der Waals surface area contributed by atoms with Crippen LogP contribution in [-0.2, 0) is 19.6 Å². The molecular formula is C11H23N3O4S. The molecule has 0 radical (unpaired) electrons. The third-order valence-corrected chi connectivity index (χ3v) is 3.97. The number of methoxy groups -OCH3 is 1. The molecule has 3 N–H and O–H groups in total. The van der Waals surface area contributed by atoms with Gasteiger partial charge in [-0.25, -0.2) is 13.1 Å². The van der Waals surface area contributed by atoms with Gasteiger partial charge in [0.25, 0.3) is 0 Å². The Kier molecular flexibility index (Phi) is 6.18. The molecule has 0 atom stereocenters. The fourth-order valence-electron chi connectivity index (χ4n) is 2.22. The van der Waals surface area contributed by atoms with Crippen molar-refractivity contribution in [1.29, 1.82) is 0 Å². The Hall–Kier alpha value is -0.700. The Morgan fingerprint density at radius 1 is 1.32 bits per heavy atom. The molecule has 0 saturated carbocycles. The van der Waals surface area contributed by atoms with E-state index in [9.17, 15) is 13.2 Å². The van der Waals surface area contributed by atoms with Crippen LogP contribution in [0.2, 0.25) is 0 Å². The van der Waals surface area contributed by atoms with Crippen molar-refractivity contribution in [2.24, 2.45) is 5.41 Å². The number of ether oxygens (including phenoxy) is 1. The topological polar surface area (TPSA) is 96.5 Å². The van der Waals surface area contributed by atoms with Crippen molar-refractivity contribution in [2.75, 3.05) is 46.2 Å². The van der Waals surface area contributed by atoms with Crippen LogP contribution in [0.1, 0.15) is 12.8 Å². The summed E-state index contributed by atoms with van der Waals surface area (Å²) in [5.41, 5.74) is -0.495. The zero-order valence-electron chi connectivity index (χ0n) is 11.5. The van der Waals surface area contributed by atoms with E-state index in [1.54, 1.807) is 7.11 Å². The summed E-state index contributed by atoms with van der Waals surface area (Å²) < 4.78 is 29.3. The summed E-state index contributed by atoms with van der Waals surface area (Å²) >= 11 is 0. The van der Waals surface area contributed by atoms with E-state index in [-0.39, 0.29) is 19.0 Å². The predicted molar refractivity (Wildman–Crippen MR) is 72.3 cm³/mol. The molecule has 112 valence electrons. The number of carbonyl (C=O) groups excluding carboxylic acids is 1. The molecule has 0 aliphatic carbocycles. The molecule has 0 aromatic carbocycles. The van der Waals surface area contributed by atoms with Gasteiger partial charge in [-0.15, -0.1) is 0 Å². The first kappa shape index (κ1) is 16.4. The van der Waals surface area contributed by atoms with E-state index in [0.717, 1.165) is 32.2 Å². The fourth-order valence-corrected chi connectivity index (χ4v) is 2.69. The van der Waals surface area contributed by atoms with Gasteiger partial charge in [0.05, 0.1) is 18.3 Å². The van der Waals surface area contributed by atoms with E-state index in [0.29, 0.717) is 6.61 Å². The van der Waals surface area contributed by atoms with E-state index in [1.165, 1.54) is 0 Å². The third kappa shape index (κ3) is 5.43. The highest BCUT2D eigenvalue weighted by atomic mass is 32.2. The molecule has 1 rings (SSSR count). The minimum Gasteiger partial charge on any atom is -0.384 e. The fraction of sp³-hybridized carbons (Fsp3) is 0.909. The van der Waals surface area contributed by atoms with Gasteiger partial charge in [-0.1, -0.05) is 0 Å². The molecule has 0 aromatic heterocycles. The first-order valence-corrected chi connectivity index (χ1v) is 8.21. The number of rotatable bonds is 7. The second-order valence-electron chi connectivity index (χ2n) is 4.89. The first-order chi connectivity index (χ1) is 8.90. The Labute approximate surface area is 114 Å². The zero-order valence-corrected chi connectivity index (χ0v) is 12.3. The van der Waals surface area contributed by atoms with E-state index in [2.05, 4.69) is 15.4 Å². The molecule has 1 fully saturated rings. The van der Waals surface area contributed by atoms with Gasteiger partial charge >= 0.3 is 0 Å². The molecule has 7 nitrogen and oxygen atoms in total. The molecule has 1 aliphatic heterocycles. The Balaban J connectivity index is 2.44. The lowest BCUT2D eigenvalue weighted by Crippen LogP contribution is -2.51. The SMILES string of the molecule is COCC1(C(=O)NCCNS(C)(=O)=O)CCNCC1. The van der Waals surface area contributed by atoms with E-state index in [4.69, 9.17) is 4.74 Å². The van der Waals surface area contributed by atoms with Crippen LogP contribution in [0.15, 0.2) is 0 Å². The third-order valence-electron chi connectivity index (χ3n) is 3.24. The van der Waals surface area contributed by atoms with Gasteiger partial charge in [-0.05, 0) is 25.9 Å². The summed E-state index contributed by atoms with van der Waals surface area (Å²) in [5, 5.41) is 5.99. The molecule has 8 heteroatoms. The smallest absolute Gasteiger partial charge is 0.228 e. The molecule has 0 aromatic rings. The summed E-state index contributed by atoms with van der Waals surface area (Å²) in [5.74, 6) is -0.0637. The minimum absolute atomic E-state index is 0.0637. The maximum Gasteiger partial charge on any atom is 0.228 e. The summed E-state index contributed by atoms with van der Waals surface area (Å²) in [4.78, 5) is 12.2. The zero-order chi connectivity index (χ0) is 14.4. The van der Waals surface area contributed by atoms with Crippen molar-refractivity contribution in [3.8, 4) is 0 Å². The first-order valence-electron chi connectivity index (χ1n) is 6.32.